The van der Waals surface area contributed by atoms with Crippen LogP contribution in [0.2, 0.25) is 0 Å². The molecule has 3 atom stereocenters. The maximum Gasteiger partial charge on any atom is 0.306 e. The van der Waals surface area contributed by atoms with Crippen molar-refractivity contribution in [3.63, 3.8) is 0 Å². The molecule has 0 aliphatic carbocycles. The highest BCUT2D eigenvalue weighted by atomic mass is 16.4. The van der Waals surface area contributed by atoms with Gasteiger partial charge in [0.25, 0.3) is 0 Å². The zero-order valence-corrected chi connectivity index (χ0v) is 14.9. The van der Waals surface area contributed by atoms with Crippen LogP contribution in [0.4, 0.5) is 0 Å². The predicted octanol–water partition coefficient (Wildman–Crippen LogP) is 6.29. The van der Waals surface area contributed by atoms with E-state index in [-0.39, 0.29) is 5.92 Å². The van der Waals surface area contributed by atoms with Gasteiger partial charge in [0, 0.05) is 0 Å². The van der Waals surface area contributed by atoms with E-state index in [1.165, 1.54) is 51.4 Å². The van der Waals surface area contributed by atoms with E-state index in [0.29, 0.717) is 5.92 Å². The summed E-state index contributed by atoms with van der Waals surface area (Å²) in [5.74, 6) is 0.381. The molecule has 0 saturated heterocycles. The third-order valence-corrected chi connectivity index (χ3v) is 4.93. The molecule has 0 aromatic heterocycles. The molecule has 2 heteroatoms. The molecular formula is C19H38O2. The predicted molar refractivity (Wildman–Crippen MR) is 91.6 cm³/mol. The van der Waals surface area contributed by atoms with Crippen LogP contribution < -0.4 is 0 Å². The topological polar surface area (TPSA) is 37.3 Å². The highest BCUT2D eigenvalue weighted by Crippen LogP contribution is 2.32. The van der Waals surface area contributed by atoms with Crippen molar-refractivity contribution in [2.24, 2.45) is 17.8 Å². The highest BCUT2D eigenvalue weighted by Gasteiger charge is 2.27. The molecule has 21 heavy (non-hydrogen) atoms. The zero-order valence-electron chi connectivity index (χ0n) is 14.9. The van der Waals surface area contributed by atoms with Crippen LogP contribution in [-0.2, 0) is 4.79 Å². The Labute approximate surface area is 132 Å². The van der Waals surface area contributed by atoms with Crippen molar-refractivity contribution < 1.29 is 9.90 Å². The van der Waals surface area contributed by atoms with Crippen molar-refractivity contribution in [3.05, 3.63) is 0 Å². The second-order valence-electron chi connectivity index (χ2n) is 6.61. The van der Waals surface area contributed by atoms with E-state index in [1.807, 2.05) is 6.92 Å². The summed E-state index contributed by atoms with van der Waals surface area (Å²) in [6.45, 7) is 8.75. The lowest BCUT2D eigenvalue weighted by molar-refractivity contribution is -0.144. The third kappa shape index (κ3) is 9.16. The average molecular weight is 299 g/mol. The lowest BCUT2D eigenvalue weighted by atomic mass is 9.78. The van der Waals surface area contributed by atoms with E-state index in [9.17, 15) is 9.90 Å². The second kappa shape index (κ2) is 13.2. The van der Waals surface area contributed by atoms with Crippen LogP contribution in [-0.4, -0.2) is 11.1 Å². The number of rotatable bonds is 14. The van der Waals surface area contributed by atoms with Gasteiger partial charge in [-0.1, -0.05) is 79.1 Å². The Morgan fingerprint density at radius 2 is 1.52 bits per heavy atom. The van der Waals surface area contributed by atoms with Crippen molar-refractivity contribution in [2.75, 3.05) is 0 Å². The van der Waals surface area contributed by atoms with Crippen LogP contribution in [0, 0.1) is 17.8 Å². The molecule has 0 radical (unpaired) electrons. The fraction of sp³-hybridized carbons (Fsp3) is 0.947. The molecule has 0 aliphatic rings. The largest absolute Gasteiger partial charge is 0.481 e. The molecule has 0 rings (SSSR count). The molecule has 126 valence electrons. The smallest absolute Gasteiger partial charge is 0.306 e. The fourth-order valence-corrected chi connectivity index (χ4v) is 3.44. The van der Waals surface area contributed by atoms with Gasteiger partial charge >= 0.3 is 5.97 Å². The molecule has 0 aliphatic heterocycles. The normalized spacial score (nSPS) is 15.6. The number of unbranched alkanes of at least 4 members (excludes halogenated alkanes) is 4. The minimum Gasteiger partial charge on any atom is -0.481 e. The minimum atomic E-state index is -0.580. The maximum absolute atomic E-state index is 11.5. The van der Waals surface area contributed by atoms with Crippen molar-refractivity contribution in [1.29, 1.82) is 0 Å². The summed E-state index contributed by atoms with van der Waals surface area (Å²) in [6, 6.07) is 0. The number of carboxylic acid groups (broad SMARTS) is 1. The zero-order chi connectivity index (χ0) is 16.1. The summed E-state index contributed by atoms with van der Waals surface area (Å²) < 4.78 is 0. The Balaban J connectivity index is 4.56. The van der Waals surface area contributed by atoms with E-state index in [4.69, 9.17) is 0 Å². The van der Waals surface area contributed by atoms with Gasteiger partial charge in [0.05, 0.1) is 5.92 Å². The Bertz CT molecular complexity index is 250. The Morgan fingerprint density at radius 3 is 2.00 bits per heavy atom. The molecule has 2 nitrogen and oxygen atoms in total. The quantitative estimate of drug-likeness (QED) is 0.383. The molecule has 1 N–H and O–H groups in total. The van der Waals surface area contributed by atoms with Crippen molar-refractivity contribution in [1.82, 2.24) is 0 Å². The first-order valence-electron chi connectivity index (χ1n) is 9.33. The Hall–Kier alpha value is -0.530. The van der Waals surface area contributed by atoms with Gasteiger partial charge in [-0.25, -0.2) is 0 Å². The number of hydrogen-bond acceptors (Lipinski definition) is 1. The van der Waals surface area contributed by atoms with E-state index < -0.39 is 5.97 Å². The Morgan fingerprint density at radius 1 is 0.857 bits per heavy atom. The van der Waals surface area contributed by atoms with E-state index >= 15 is 0 Å². The van der Waals surface area contributed by atoms with Crippen LogP contribution >= 0.6 is 0 Å². The summed E-state index contributed by atoms with van der Waals surface area (Å²) in [6.07, 6.45) is 13.0. The SMILES string of the molecule is CCCCCCC(CC(CC)CCCC)C(CC)C(=O)O. The first-order valence-corrected chi connectivity index (χ1v) is 9.33. The monoisotopic (exact) mass is 298 g/mol. The summed E-state index contributed by atoms with van der Waals surface area (Å²) >= 11 is 0. The number of aliphatic carboxylic acids is 1. The number of carboxylic acids is 1. The number of carbonyl (C=O) groups is 1. The average Bonchev–Trinajstić information content (AvgIpc) is 2.47. The molecule has 0 heterocycles. The van der Waals surface area contributed by atoms with Gasteiger partial charge in [0.15, 0.2) is 0 Å². The van der Waals surface area contributed by atoms with Gasteiger partial charge in [-0.15, -0.1) is 0 Å². The lowest BCUT2D eigenvalue weighted by Gasteiger charge is -2.27. The molecule has 0 spiro atoms. The third-order valence-electron chi connectivity index (χ3n) is 4.93. The van der Waals surface area contributed by atoms with Gasteiger partial charge < -0.3 is 5.11 Å². The maximum atomic E-state index is 11.5. The van der Waals surface area contributed by atoms with E-state index in [1.54, 1.807) is 0 Å². The van der Waals surface area contributed by atoms with Crippen molar-refractivity contribution >= 4 is 5.97 Å². The molecule has 0 saturated carbocycles. The standard InChI is InChI=1S/C19H38O2/c1-5-9-11-12-14-17(18(8-4)19(20)21)15-16(7-3)13-10-6-2/h16-18H,5-15H2,1-4H3,(H,20,21). The molecule has 0 aromatic rings. The van der Waals surface area contributed by atoms with Crippen LogP contribution in [0.5, 0.6) is 0 Å². The molecule has 3 unspecified atom stereocenters. The van der Waals surface area contributed by atoms with Crippen molar-refractivity contribution in [2.45, 2.75) is 98.3 Å². The molecule has 0 bridgehead atoms. The molecule has 0 aromatic carbocycles. The van der Waals surface area contributed by atoms with Gasteiger partial charge in [-0.3, -0.25) is 4.79 Å². The minimum absolute atomic E-state index is 0.137. The fourth-order valence-electron chi connectivity index (χ4n) is 3.44. The van der Waals surface area contributed by atoms with Gasteiger partial charge in [-0.05, 0) is 31.1 Å². The van der Waals surface area contributed by atoms with E-state index in [2.05, 4.69) is 20.8 Å². The summed E-state index contributed by atoms with van der Waals surface area (Å²) in [5, 5.41) is 9.51. The van der Waals surface area contributed by atoms with E-state index in [0.717, 1.165) is 25.2 Å². The molecule has 0 amide bonds. The lowest BCUT2D eigenvalue weighted by Crippen LogP contribution is -2.25. The van der Waals surface area contributed by atoms with Crippen LogP contribution in [0.1, 0.15) is 98.3 Å². The summed E-state index contributed by atoms with van der Waals surface area (Å²) in [4.78, 5) is 11.5. The van der Waals surface area contributed by atoms with Gasteiger partial charge in [-0.2, -0.15) is 0 Å². The first-order chi connectivity index (χ1) is 10.1. The second-order valence-corrected chi connectivity index (χ2v) is 6.61. The molecule has 0 fully saturated rings. The summed E-state index contributed by atoms with van der Waals surface area (Å²) in [5.41, 5.74) is 0. The Kier molecular flexibility index (Phi) is 12.8. The number of hydrogen-bond donors (Lipinski definition) is 1. The van der Waals surface area contributed by atoms with Gasteiger partial charge in [0.2, 0.25) is 0 Å². The van der Waals surface area contributed by atoms with Crippen molar-refractivity contribution in [3.8, 4) is 0 Å². The first kappa shape index (κ1) is 20.5. The summed E-state index contributed by atoms with van der Waals surface area (Å²) in [7, 11) is 0. The van der Waals surface area contributed by atoms with Crippen LogP contribution in [0.15, 0.2) is 0 Å². The van der Waals surface area contributed by atoms with Crippen LogP contribution in [0.3, 0.4) is 0 Å². The van der Waals surface area contributed by atoms with Crippen LogP contribution in [0.25, 0.3) is 0 Å². The molecular weight excluding hydrogens is 260 g/mol. The highest BCUT2D eigenvalue weighted by molar-refractivity contribution is 5.70. The van der Waals surface area contributed by atoms with Gasteiger partial charge in [0.1, 0.15) is 0 Å².